The lowest BCUT2D eigenvalue weighted by molar-refractivity contribution is -0.124. The van der Waals surface area contributed by atoms with Crippen LogP contribution in [0.1, 0.15) is 58.2 Å². The van der Waals surface area contributed by atoms with Crippen molar-refractivity contribution in [2.45, 2.75) is 49.3 Å². The maximum Gasteiger partial charge on any atom is 0.261 e. The van der Waals surface area contributed by atoms with Crippen molar-refractivity contribution in [3.05, 3.63) is 95.1 Å². The number of para-hydroxylation sites is 1. The summed E-state index contributed by atoms with van der Waals surface area (Å²) in [6.45, 7) is 3.51. The Morgan fingerprint density at radius 2 is 1.79 bits per heavy atom. The van der Waals surface area contributed by atoms with Gasteiger partial charge in [0, 0.05) is 28.7 Å². The average molecular weight is 597 g/mol. The Balaban J connectivity index is 1.34. The molecule has 43 heavy (non-hydrogen) atoms. The van der Waals surface area contributed by atoms with Gasteiger partial charge in [0.1, 0.15) is 17.0 Å². The van der Waals surface area contributed by atoms with Crippen LogP contribution in [0, 0.1) is 0 Å². The number of Topliss-reactive ketones (excluding diaryl/α,β-unsaturated/α-hetero) is 1. The highest BCUT2D eigenvalue weighted by atomic mass is 32.1. The molecular formula is C32H32N6O4S. The molecule has 2 heterocycles. The van der Waals surface area contributed by atoms with E-state index < -0.39 is 17.4 Å². The first kappa shape index (κ1) is 28.5. The quantitative estimate of drug-likeness (QED) is 0.158. The van der Waals surface area contributed by atoms with Crippen LogP contribution in [0.15, 0.2) is 73.4 Å². The summed E-state index contributed by atoms with van der Waals surface area (Å²) in [5.41, 5.74) is 19.9. The van der Waals surface area contributed by atoms with Crippen LogP contribution < -0.4 is 32.6 Å². The Hall–Kier alpha value is -4.58. The summed E-state index contributed by atoms with van der Waals surface area (Å²) in [7, 11) is 0. The minimum atomic E-state index is -1.67. The Morgan fingerprint density at radius 1 is 1.05 bits per heavy atom. The monoisotopic (exact) mass is 596 g/mol. The number of nitrogens with two attached hydrogens (primary N) is 3. The summed E-state index contributed by atoms with van der Waals surface area (Å²) >= 11 is 1.20. The highest BCUT2D eigenvalue weighted by molar-refractivity contribution is 7.21. The molecule has 1 saturated carbocycles. The number of ether oxygens (including phenoxy) is 1. The third kappa shape index (κ3) is 5.05. The van der Waals surface area contributed by atoms with Gasteiger partial charge in [-0.3, -0.25) is 19.4 Å². The highest BCUT2D eigenvalue weighted by Gasteiger charge is 2.49. The van der Waals surface area contributed by atoms with E-state index in [4.69, 9.17) is 21.9 Å². The molecule has 0 radical (unpaired) electrons. The lowest BCUT2D eigenvalue weighted by atomic mass is 9.72. The van der Waals surface area contributed by atoms with E-state index in [9.17, 15) is 14.4 Å². The summed E-state index contributed by atoms with van der Waals surface area (Å²) in [6.07, 6.45) is 5.79. The fourth-order valence-electron chi connectivity index (χ4n) is 6.08. The number of amides is 2. The number of aromatic nitrogens is 1. The van der Waals surface area contributed by atoms with Crippen molar-refractivity contribution in [1.82, 2.24) is 15.6 Å². The molecule has 0 spiro atoms. The standard InChI is InChI=1S/C32H32N6O4S/c1-2-24(39)37-17-7-6-8-18(15-17)38-31(41)29-26-25-21(12-13-22(33)28(25)43-29)32(35,30(40)27(26)34)23-14-11-20(16-36-23)42-19-9-4-3-5-10-19/h2-5,9-14,16-18,27H,1,6-8,15,33-35H2,(H,37,39)(H,38,41). The number of carbonyl (C=O) groups excluding carboxylic acids is 3. The van der Waals surface area contributed by atoms with Crippen LogP contribution in [0.2, 0.25) is 0 Å². The molecule has 4 atom stereocenters. The normalized spacial score (nSPS) is 23.0. The maximum absolute atomic E-state index is 14.0. The lowest BCUT2D eigenvalue weighted by Gasteiger charge is -2.35. The predicted molar refractivity (Wildman–Crippen MR) is 166 cm³/mol. The van der Waals surface area contributed by atoms with Crippen LogP contribution in [0.25, 0.3) is 10.1 Å². The molecule has 2 aromatic carbocycles. The summed E-state index contributed by atoms with van der Waals surface area (Å²) in [4.78, 5) is 44.4. The molecule has 10 nitrogen and oxygen atoms in total. The van der Waals surface area contributed by atoms with Crippen LogP contribution in [-0.2, 0) is 15.1 Å². The Kier molecular flexibility index (Phi) is 7.47. The van der Waals surface area contributed by atoms with Gasteiger partial charge >= 0.3 is 0 Å². The van der Waals surface area contributed by atoms with Crippen LogP contribution in [-0.4, -0.2) is 34.7 Å². The maximum atomic E-state index is 14.0. The van der Waals surface area contributed by atoms with Gasteiger partial charge in [-0.25, -0.2) is 0 Å². The second-order valence-electron chi connectivity index (χ2n) is 10.9. The zero-order valence-electron chi connectivity index (χ0n) is 23.3. The molecule has 4 aromatic rings. The lowest BCUT2D eigenvalue weighted by Crippen LogP contribution is -2.53. The number of hydrogen-bond donors (Lipinski definition) is 5. The molecule has 11 heteroatoms. The molecule has 8 N–H and O–H groups in total. The molecule has 2 aliphatic rings. The number of rotatable bonds is 7. The fraction of sp³-hybridized carbons (Fsp3) is 0.250. The van der Waals surface area contributed by atoms with E-state index in [-0.39, 0.29) is 23.9 Å². The van der Waals surface area contributed by atoms with E-state index >= 15 is 0 Å². The van der Waals surface area contributed by atoms with Crippen molar-refractivity contribution in [3.8, 4) is 11.5 Å². The minimum absolute atomic E-state index is 0.0637. The summed E-state index contributed by atoms with van der Waals surface area (Å²) in [5, 5.41) is 6.62. The number of pyridine rings is 1. The minimum Gasteiger partial charge on any atom is -0.456 e. The van der Waals surface area contributed by atoms with E-state index in [1.807, 2.05) is 30.3 Å². The largest absolute Gasteiger partial charge is 0.456 e. The molecule has 4 unspecified atom stereocenters. The van der Waals surface area contributed by atoms with Gasteiger partial charge < -0.3 is 32.6 Å². The molecular weight excluding hydrogens is 564 g/mol. The Labute approximate surface area is 252 Å². The van der Waals surface area contributed by atoms with Gasteiger partial charge in [0.2, 0.25) is 5.91 Å². The van der Waals surface area contributed by atoms with Gasteiger partial charge in [-0.15, -0.1) is 11.3 Å². The van der Waals surface area contributed by atoms with E-state index in [2.05, 4.69) is 22.2 Å². The second-order valence-corrected chi connectivity index (χ2v) is 12.0. The van der Waals surface area contributed by atoms with Crippen molar-refractivity contribution in [2.24, 2.45) is 11.5 Å². The van der Waals surface area contributed by atoms with Gasteiger partial charge in [-0.1, -0.05) is 30.8 Å². The van der Waals surface area contributed by atoms with Crippen molar-refractivity contribution in [2.75, 3.05) is 5.73 Å². The van der Waals surface area contributed by atoms with Crippen molar-refractivity contribution in [1.29, 1.82) is 0 Å². The van der Waals surface area contributed by atoms with Crippen molar-refractivity contribution < 1.29 is 19.1 Å². The van der Waals surface area contributed by atoms with Crippen molar-refractivity contribution in [3.63, 3.8) is 0 Å². The first-order valence-electron chi connectivity index (χ1n) is 14.1. The molecule has 0 aliphatic heterocycles. The number of hydrogen-bond acceptors (Lipinski definition) is 9. The van der Waals surface area contributed by atoms with Crippen LogP contribution >= 0.6 is 11.3 Å². The number of ketones is 1. The summed E-state index contributed by atoms with van der Waals surface area (Å²) < 4.78 is 6.50. The number of nitrogens with zero attached hydrogens (tertiary/aromatic N) is 1. The average Bonchev–Trinajstić information content (AvgIpc) is 3.42. The number of anilines is 1. The number of carbonyl (C=O) groups is 3. The van der Waals surface area contributed by atoms with Gasteiger partial charge in [-0.2, -0.15) is 0 Å². The number of thiophene rings is 1. The molecule has 2 aromatic heterocycles. The summed E-state index contributed by atoms with van der Waals surface area (Å²) in [6, 6.07) is 14.6. The Morgan fingerprint density at radius 3 is 2.49 bits per heavy atom. The van der Waals surface area contributed by atoms with Crippen LogP contribution in [0.5, 0.6) is 11.5 Å². The third-order valence-corrected chi connectivity index (χ3v) is 9.43. The molecule has 1 fully saturated rings. The fourth-order valence-corrected chi connectivity index (χ4v) is 7.28. The number of nitrogen functional groups attached to an aromatic ring is 1. The van der Waals surface area contributed by atoms with E-state index in [1.165, 1.54) is 23.6 Å². The van der Waals surface area contributed by atoms with E-state index in [0.717, 1.165) is 19.3 Å². The molecule has 2 amide bonds. The molecule has 220 valence electrons. The first-order chi connectivity index (χ1) is 20.7. The van der Waals surface area contributed by atoms with Gasteiger partial charge in [-0.05, 0) is 67.7 Å². The molecule has 0 bridgehead atoms. The van der Waals surface area contributed by atoms with Crippen LogP contribution in [0.3, 0.4) is 0 Å². The zero-order valence-corrected chi connectivity index (χ0v) is 24.2. The summed E-state index contributed by atoms with van der Waals surface area (Å²) in [5.74, 6) is 0.0759. The third-order valence-electron chi connectivity index (χ3n) is 8.18. The first-order valence-corrected chi connectivity index (χ1v) is 14.9. The second kappa shape index (κ2) is 11.3. The van der Waals surface area contributed by atoms with Gasteiger partial charge in [0.25, 0.3) is 5.91 Å². The molecule has 6 rings (SSSR count). The van der Waals surface area contributed by atoms with E-state index in [0.29, 0.717) is 55.4 Å². The Bertz CT molecular complexity index is 1740. The van der Waals surface area contributed by atoms with E-state index in [1.54, 1.807) is 24.3 Å². The van der Waals surface area contributed by atoms with Crippen LogP contribution in [0.4, 0.5) is 5.69 Å². The molecule has 2 aliphatic carbocycles. The smallest absolute Gasteiger partial charge is 0.261 e. The predicted octanol–water partition coefficient (Wildman–Crippen LogP) is 3.80. The number of nitrogens with one attached hydrogen (secondary N) is 2. The van der Waals surface area contributed by atoms with Crippen molar-refractivity contribution >= 4 is 44.7 Å². The highest BCUT2D eigenvalue weighted by Crippen LogP contribution is 2.49. The van der Waals surface area contributed by atoms with Gasteiger partial charge in [0.05, 0.1) is 27.5 Å². The molecule has 0 saturated heterocycles. The van der Waals surface area contributed by atoms with Gasteiger partial charge in [0.15, 0.2) is 5.78 Å². The zero-order chi connectivity index (χ0) is 30.3. The number of benzene rings is 2. The topological polar surface area (TPSA) is 175 Å². The SMILES string of the molecule is C=CC(=O)NC1CCCC(NC(=O)c2sc3c(N)ccc4c3c2C(N)C(=O)C4(N)c2ccc(Oc3ccccc3)cn2)C1.